The lowest BCUT2D eigenvalue weighted by atomic mass is 10.1. The number of hydrogen-bond acceptors (Lipinski definition) is 9. The Labute approximate surface area is 168 Å². The zero-order valence-electron chi connectivity index (χ0n) is 15.4. The summed E-state index contributed by atoms with van der Waals surface area (Å²) in [5, 5.41) is 30.9. The van der Waals surface area contributed by atoms with E-state index >= 15 is 0 Å². The molecule has 12 heteroatoms. The molecule has 0 bridgehead atoms. The highest BCUT2D eigenvalue weighted by molar-refractivity contribution is 6.02. The van der Waals surface area contributed by atoms with E-state index in [9.17, 15) is 29.4 Å². The summed E-state index contributed by atoms with van der Waals surface area (Å²) in [5.41, 5.74) is -2.07. The number of nitrogens with zero attached hydrogens (tertiary/aromatic N) is 1. The van der Waals surface area contributed by atoms with Crippen molar-refractivity contribution >= 4 is 12.0 Å². The van der Waals surface area contributed by atoms with Crippen molar-refractivity contribution in [1.82, 2.24) is 14.9 Å². The van der Waals surface area contributed by atoms with E-state index in [4.69, 9.17) is 14.6 Å². The number of aliphatic hydroxyl groups is 3. The van der Waals surface area contributed by atoms with Gasteiger partial charge in [0.1, 0.15) is 30.5 Å². The molecule has 160 valence electrons. The van der Waals surface area contributed by atoms with Crippen molar-refractivity contribution in [2.24, 2.45) is 0 Å². The minimum absolute atomic E-state index is 0.113. The molecule has 1 aromatic carbocycles. The van der Waals surface area contributed by atoms with E-state index in [1.54, 1.807) is 30.3 Å². The van der Waals surface area contributed by atoms with Crippen LogP contribution in [0.1, 0.15) is 22.1 Å². The molecule has 4 atom stereocenters. The third-order valence-corrected chi connectivity index (χ3v) is 4.43. The summed E-state index contributed by atoms with van der Waals surface area (Å²) in [6.45, 7) is -0.744. The summed E-state index contributed by atoms with van der Waals surface area (Å²) < 4.78 is 10.8. The Balaban J connectivity index is 1.75. The normalized spacial score (nSPS) is 23.2. The van der Waals surface area contributed by atoms with Crippen LogP contribution in [0.2, 0.25) is 0 Å². The van der Waals surface area contributed by atoms with Gasteiger partial charge in [0.25, 0.3) is 11.5 Å². The number of aromatic amines is 1. The Kier molecular flexibility index (Phi) is 6.42. The van der Waals surface area contributed by atoms with Gasteiger partial charge in [0.2, 0.25) is 0 Å². The molecule has 1 aromatic heterocycles. The van der Waals surface area contributed by atoms with E-state index in [0.29, 0.717) is 10.1 Å². The Morgan fingerprint density at radius 3 is 2.50 bits per heavy atom. The van der Waals surface area contributed by atoms with Crippen LogP contribution >= 0.6 is 0 Å². The minimum Gasteiger partial charge on any atom is -0.444 e. The molecule has 0 spiro atoms. The lowest BCUT2D eigenvalue weighted by molar-refractivity contribution is -0.0551. The highest BCUT2D eigenvalue weighted by Crippen LogP contribution is 2.27. The number of nitrogens with one attached hydrogen (secondary N) is 2. The van der Waals surface area contributed by atoms with Crippen molar-refractivity contribution in [3.05, 3.63) is 68.5 Å². The number of ether oxygens (including phenoxy) is 2. The van der Waals surface area contributed by atoms with Crippen LogP contribution in [0.5, 0.6) is 0 Å². The Morgan fingerprint density at radius 2 is 1.87 bits per heavy atom. The molecule has 0 unspecified atom stereocenters. The highest BCUT2D eigenvalue weighted by atomic mass is 16.6. The summed E-state index contributed by atoms with van der Waals surface area (Å²) in [6, 6.07) is 8.67. The number of H-pyrrole nitrogens is 1. The predicted octanol–water partition coefficient (Wildman–Crippen LogP) is -1.79. The number of carbonyl (C=O) groups is 2. The summed E-state index contributed by atoms with van der Waals surface area (Å²) in [6.07, 6.45) is -6.09. The average molecular weight is 421 g/mol. The number of aliphatic hydroxyl groups excluding tert-OH is 3. The van der Waals surface area contributed by atoms with Crippen LogP contribution in [0.4, 0.5) is 4.79 Å². The molecule has 12 nitrogen and oxygen atoms in total. The fraction of sp³-hybridized carbons (Fsp3) is 0.333. The topological polar surface area (TPSA) is 180 Å². The maximum absolute atomic E-state index is 12.3. The fourth-order valence-corrected chi connectivity index (χ4v) is 2.87. The summed E-state index contributed by atoms with van der Waals surface area (Å²) in [4.78, 5) is 50.1. The molecule has 0 saturated carbocycles. The number of alkyl carbamates (subject to hydrolysis) is 1. The van der Waals surface area contributed by atoms with Crippen molar-refractivity contribution in [3.63, 3.8) is 0 Å². The second kappa shape index (κ2) is 9.00. The van der Waals surface area contributed by atoms with E-state index < -0.39 is 60.0 Å². The van der Waals surface area contributed by atoms with Crippen molar-refractivity contribution < 1.29 is 34.4 Å². The van der Waals surface area contributed by atoms with Crippen molar-refractivity contribution in [3.8, 4) is 0 Å². The molecule has 1 aliphatic heterocycles. The standard InChI is InChI=1S/C18H19N3O9/c22-7-11-12(23)13(24)16(30-11)21-6-10(14(25)19-17(21)27)15(26)20-18(28)29-8-9-4-2-1-3-5-9/h1-6,11-13,16,22-24H,7-8H2,(H,19,25,27)(H,20,26,28)/t11-,12+,13-,16+/m0/s1. The summed E-state index contributed by atoms with van der Waals surface area (Å²) in [5.74, 6) is -1.16. The Morgan fingerprint density at radius 1 is 1.17 bits per heavy atom. The van der Waals surface area contributed by atoms with Gasteiger partial charge in [0.05, 0.1) is 6.61 Å². The van der Waals surface area contributed by atoms with Crippen LogP contribution in [-0.2, 0) is 16.1 Å². The van der Waals surface area contributed by atoms with Gasteiger partial charge in [0.15, 0.2) is 6.23 Å². The Hall–Kier alpha value is -3.32. The van der Waals surface area contributed by atoms with E-state index in [1.807, 2.05) is 10.3 Å². The van der Waals surface area contributed by atoms with Gasteiger partial charge in [-0.15, -0.1) is 0 Å². The van der Waals surface area contributed by atoms with Crippen LogP contribution in [0.3, 0.4) is 0 Å². The minimum atomic E-state index is -1.61. The third kappa shape index (κ3) is 4.46. The predicted molar refractivity (Wildman–Crippen MR) is 98.4 cm³/mol. The second-order valence-corrected chi connectivity index (χ2v) is 6.45. The summed E-state index contributed by atoms with van der Waals surface area (Å²) >= 11 is 0. The van der Waals surface area contributed by atoms with E-state index in [2.05, 4.69) is 0 Å². The number of hydrogen-bond donors (Lipinski definition) is 5. The molecule has 1 saturated heterocycles. The largest absolute Gasteiger partial charge is 0.444 e. The maximum atomic E-state index is 12.3. The number of amides is 2. The first-order chi connectivity index (χ1) is 14.3. The monoisotopic (exact) mass is 421 g/mol. The molecule has 0 aliphatic carbocycles. The zero-order valence-corrected chi connectivity index (χ0v) is 15.4. The lowest BCUT2D eigenvalue weighted by Gasteiger charge is -2.17. The first-order valence-electron chi connectivity index (χ1n) is 8.81. The van der Waals surface area contributed by atoms with Crippen molar-refractivity contribution in [1.29, 1.82) is 0 Å². The number of carbonyl (C=O) groups excluding carboxylic acids is 2. The smallest absolute Gasteiger partial charge is 0.414 e. The van der Waals surface area contributed by atoms with Gasteiger partial charge in [-0.2, -0.15) is 0 Å². The molecule has 1 aliphatic rings. The van der Waals surface area contributed by atoms with Gasteiger partial charge in [-0.1, -0.05) is 30.3 Å². The van der Waals surface area contributed by atoms with Crippen LogP contribution < -0.4 is 16.6 Å². The van der Waals surface area contributed by atoms with Crippen LogP contribution in [0.15, 0.2) is 46.1 Å². The first-order valence-corrected chi connectivity index (χ1v) is 8.81. The molecule has 3 rings (SSSR count). The van der Waals surface area contributed by atoms with Gasteiger partial charge < -0.3 is 24.8 Å². The van der Waals surface area contributed by atoms with Gasteiger partial charge in [0, 0.05) is 6.20 Å². The first kappa shape index (κ1) is 21.4. The van der Waals surface area contributed by atoms with Crippen LogP contribution in [0.25, 0.3) is 0 Å². The number of rotatable bonds is 5. The molecule has 1 fully saturated rings. The van der Waals surface area contributed by atoms with Crippen molar-refractivity contribution in [2.45, 2.75) is 31.1 Å². The fourth-order valence-electron chi connectivity index (χ4n) is 2.87. The van der Waals surface area contributed by atoms with Gasteiger partial charge in [-0.25, -0.2) is 9.59 Å². The van der Waals surface area contributed by atoms with Crippen molar-refractivity contribution in [2.75, 3.05) is 6.61 Å². The highest BCUT2D eigenvalue weighted by Gasteiger charge is 2.44. The van der Waals surface area contributed by atoms with Crippen LogP contribution in [0, 0.1) is 0 Å². The van der Waals surface area contributed by atoms with Crippen LogP contribution in [-0.4, -0.2) is 61.8 Å². The molecule has 5 N–H and O–H groups in total. The molecule has 2 aromatic rings. The lowest BCUT2D eigenvalue weighted by Crippen LogP contribution is -2.42. The number of aromatic nitrogens is 2. The number of imide groups is 1. The second-order valence-electron chi connectivity index (χ2n) is 6.45. The molecule has 2 amide bonds. The molecule has 2 heterocycles. The Bertz CT molecular complexity index is 1030. The molecule has 30 heavy (non-hydrogen) atoms. The SMILES string of the molecule is O=C(NC(=O)c1cn([C@@H]2O[C@@H](CO)[C@@H](O)[C@@H]2O)c(=O)[nH]c1=O)OCc1ccccc1. The molecule has 0 radical (unpaired) electrons. The van der Waals surface area contributed by atoms with Gasteiger partial charge >= 0.3 is 11.8 Å². The molecular formula is C18H19N3O9. The maximum Gasteiger partial charge on any atom is 0.414 e. The van der Waals surface area contributed by atoms with Gasteiger partial charge in [-0.05, 0) is 5.56 Å². The third-order valence-electron chi connectivity index (χ3n) is 4.43. The summed E-state index contributed by atoms with van der Waals surface area (Å²) in [7, 11) is 0. The number of benzene rings is 1. The van der Waals surface area contributed by atoms with E-state index in [1.165, 1.54) is 0 Å². The molecular weight excluding hydrogens is 402 g/mol. The quantitative estimate of drug-likeness (QED) is 0.373. The van der Waals surface area contributed by atoms with E-state index in [-0.39, 0.29) is 6.61 Å². The van der Waals surface area contributed by atoms with E-state index in [0.717, 1.165) is 6.20 Å². The average Bonchev–Trinajstić information content (AvgIpc) is 3.01. The van der Waals surface area contributed by atoms with Gasteiger partial charge in [-0.3, -0.25) is 24.5 Å². The zero-order chi connectivity index (χ0) is 21.8.